The van der Waals surface area contributed by atoms with E-state index in [1.54, 1.807) is 0 Å². The van der Waals surface area contributed by atoms with Gasteiger partial charge >= 0.3 is 0 Å². The normalized spacial score (nSPS) is 14.7. The molecule has 1 aliphatic rings. The zero-order valence-corrected chi connectivity index (χ0v) is 15.7. The lowest BCUT2D eigenvalue weighted by molar-refractivity contribution is -0.131. The lowest BCUT2D eigenvalue weighted by atomic mass is 10.1. The van der Waals surface area contributed by atoms with Crippen molar-refractivity contribution in [3.05, 3.63) is 64.2 Å². The molecule has 0 aliphatic carbocycles. The monoisotopic (exact) mass is 356 g/mol. The van der Waals surface area contributed by atoms with Gasteiger partial charge in [0.05, 0.1) is 0 Å². The van der Waals surface area contributed by atoms with E-state index in [4.69, 9.17) is 11.6 Å². The second-order valence-corrected chi connectivity index (χ2v) is 7.09. The topological polar surface area (TPSA) is 23.6 Å². The number of nitrogens with zero attached hydrogens (tertiary/aromatic N) is 2. The average Bonchev–Trinajstić information content (AvgIpc) is 2.63. The fourth-order valence-corrected chi connectivity index (χ4v) is 3.61. The summed E-state index contributed by atoms with van der Waals surface area (Å²) in [5.74, 6) is 0.223. The first-order valence-corrected chi connectivity index (χ1v) is 9.26. The summed E-state index contributed by atoms with van der Waals surface area (Å²) >= 11 is 6.18. The molecule has 0 atom stereocenters. The van der Waals surface area contributed by atoms with Gasteiger partial charge in [-0.3, -0.25) is 4.79 Å². The van der Waals surface area contributed by atoms with Crippen LogP contribution in [0.4, 0.5) is 5.69 Å². The van der Waals surface area contributed by atoms with Crippen molar-refractivity contribution in [2.45, 2.75) is 26.7 Å². The van der Waals surface area contributed by atoms with E-state index in [-0.39, 0.29) is 5.91 Å². The van der Waals surface area contributed by atoms with Crippen LogP contribution in [-0.2, 0) is 11.2 Å². The van der Waals surface area contributed by atoms with Gasteiger partial charge in [0.2, 0.25) is 5.91 Å². The number of piperazine rings is 1. The molecule has 3 rings (SSSR count). The molecule has 3 nitrogen and oxygen atoms in total. The standard InChI is InChI=1S/C21H25ClN2O/c1-16-6-5-9-20(17(16)2)23-12-14-24(15-13-23)21(25)11-10-18-7-3-4-8-19(18)22/h3-9H,10-15H2,1-2H3. The second-order valence-electron chi connectivity index (χ2n) is 6.68. The summed E-state index contributed by atoms with van der Waals surface area (Å²) in [5, 5.41) is 0.745. The van der Waals surface area contributed by atoms with Crippen molar-refractivity contribution in [1.29, 1.82) is 0 Å². The Morgan fingerprint density at radius 3 is 2.44 bits per heavy atom. The van der Waals surface area contributed by atoms with Crippen molar-refractivity contribution in [2.75, 3.05) is 31.1 Å². The van der Waals surface area contributed by atoms with E-state index < -0.39 is 0 Å². The van der Waals surface area contributed by atoms with Gasteiger partial charge in [-0.2, -0.15) is 0 Å². The summed E-state index contributed by atoms with van der Waals surface area (Å²) < 4.78 is 0. The second kappa shape index (κ2) is 7.92. The van der Waals surface area contributed by atoms with Crippen LogP contribution in [0.5, 0.6) is 0 Å². The Hall–Kier alpha value is -2.00. The molecule has 1 aliphatic heterocycles. The number of hydrogen-bond donors (Lipinski definition) is 0. The van der Waals surface area contributed by atoms with Gasteiger partial charge in [-0.15, -0.1) is 0 Å². The van der Waals surface area contributed by atoms with Gasteiger partial charge in [0.15, 0.2) is 0 Å². The Balaban J connectivity index is 1.54. The summed E-state index contributed by atoms with van der Waals surface area (Å²) in [7, 11) is 0. The van der Waals surface area contributed by atoms with Crippen LogP contribution in [0.3, 0.4) is 0 Å². The molecule has 0 saturated carbocycles. The summed E-state index contributed by atoms with van der Waals surface area (Å²) in [4.78, 5) is 16.9. The molecule has 25 heavy (non-hydrogen) atoms. The predicted octanol–water partition coefficient (Wildman–Crippen LogP) is 4.24. The number of rotatable bonds is 4. The van der Waals surface area contributed by atoms with Crippen LogP contribution in [-0.4, -0.2) is 37.0 Å². The van der Waals surface area contributed by atoms with Crippen molar-refractivity contribution in [3.63, 3.8) is 0 Å². The molecule has 0 bridgehead atoms. The minimum absolute atomic E-state index is 0.223. The van der Waals surface area contributed by atoms with Crippen molar-refractivity contribution >= 4 is 23.2 Å². The van der Waals surface area contributed by atoms with E-state index in [1.165, 1.54) is 16.8 Å². The predicted molar refractivity (Wildman–Crippen MR) is 104 cm³/mol. The first-order chi connectivity index (χ1) is 12.1. The van der Waals surface area contributed by atoms with Crippen LogP contribution in [0.25, 0.3) is 0 Å². The number of anilines is 1. The molecule has 1 amide bonds. The molecule has 0 radical (unpaired) electrons. The molecule has 4 heteroatoms. The average molecular weight is 357 g/mol. The Bertz CT molecular complexity index is 751. The summed E-state index contributed by atoms with van der Waals surface area (Å²) in [6.07, 6.45) is 1.23. The fraction of sp³-hybridized carbons (Fsp3) is 0.381. The molecular weight excluding hydrogens is 332 g/mol. The van der Waals surface area contributed by atoms with Crippen molar-refractivity contribution in [1.82, 2.24) is 4.90 Å². The van der Waals surface area contributed by atoms with Gasteiger partial charge < -0.3 is 9.80 Å². The van der Waals surface area contributed by atoms with E-state index in [9.17, 15) is 4.79 Å². The summed E-state index contributed by atoms with van der Waals surface area (Å²) in [6.45, 7) is 7.67. The molecule has 1 saturated heterocycles. The van der Waals surface area contributed by atoms with Crippen molar-refractivity contribution in [3.8, 4) is 0 Å². The van der Waals surface area contributed by atoms with E-state index >= 15 is 0 Å². The van der Waals surface area contributed by atoms with Gasteiger partial charge in [-0.05, 0) is 49.1 Å². The lowest BCUT2D eigenvalue weighted by Gasteiger charge is -2.37. The summed E-state index contributed by atoms with van der Waals surface area (Å²) in [6, 6.07) is 14.2. The third-order valence-electron chi connectivity index (χ3n) is 5.12. The minimum Gasteiger partial charge on any atom is -0.368 e. The Kier molecular flexibility index (Phi) is 5.64. The molecule has 0 aromatic heterocycles. The van der Waals surface area contributed by atoms with Crippen LogP contribution in [0, 0.1) is 13.8 Å². The number of halogens is 1. The fourth-order valence-electron chi connectivity index (χ4n) is 3.38. The molecule has 2 aromatic rings. The van der Waals surface area contributed by atoms with E-state index in [0.29, 0.717) is 12.8 Å². The Morgan fingerprint density at radius 1 is 1.00 bits per heavy atom. The van der Waals surface area contributed by atoms with Gasteiger partial charge in [-0.1, -0.05) is 41.9 Å². The maximum absolute atomic E-state index is 12.5. The number of aryl methyl sites for hydroxylation is 2. The Labute approximate surface area is 155 Å². The Morgan fingerprint density at radius 2 is 1.72 bits per heavy atom. The van der Waals surface area contributed by atoms with Crippen molar-refractivity contribution < 1.29 is 4.79 Å². The number of carbonyl (C=O) groups excluding carboxylic acids is 1. The molecule has 1 fully saturated rings. The highest BCUT2D eigenvalue weighted by molar-refractivity contribution is 6.31. The first kappa shape index (κ1) is 17.8. The largest absolute Gasteiger partial charge is 0.368 e. The number of carbonyl (C=O) groups is 1. The highest BCUT2D eigenvalue weighted by Crippen LogP contribution is 2.24. The lowest BCUT2D eigenvalue weighted by Crippen LogP contribution is -2.49. The van der Waals surface area contributed by atoms with Crippen LogP contribution in [0.1, 0.15) is 23.1 Å². The van der Waals surface area contributed by atoms with Gasteiger partial charge in [0, 0.05) is 43.3 Å². The summed E-state index contributed by atoms with van der Waals surface area (Å²) in [5.41, 5.74) is 4.99. The zero-order valence-electron chi connectivity index (χ0n) is 15.0. The van der Waals surface area contributed by atoms with Crippen LogP contribution in [0.15, 0.2) is 42.5 Å². The maximum atomic E-state index is 12.5. The minimum atomic E-state index is 0.223. The van der Waals surface area contributed by atoms with Gasteiger partial charge in [-0.25, -0.2) is 0 Å². The zero-order chi connectivity index (χ0) is 17.8. The number of hydrogen-bond acceptors (Lipinski definition) is 2. The van der Waals surface area contributed by atoms with E-state index in [0.717, 1.165) is 36.8 Å². The van der Waals surface area contributed by atoms with Crippen molar-refractivity contribution in [2.24, 2.45) is 0 Å². The molecule has 0 N–H and O–H groups in total. The van der Waals surface area contributed by atoms with Crippen LogP contribution >= 0.6 is 11.6 Å². The van der Waals surface area contributed by atoms with Gasteiger partial charge in [0.1, 0.15) is 0 Å². The van der Waals surface area contributed by atoms with E-state index in [1.807, 2.05) is 29.2 Å². The quantitative estimate of drug-likeness (QED) is 0.818. The third kappa shape index (κ3) is 4.16. The maximum Gasteiger partial charge on any atom is 0.223 e. The first-order valence-electron chi connectivity index (χ1n) is 8.88. The molecule has 1 heterocycles. The van der Waals surface area contributed by atoms with Gasteiger partial charge in [0.25, 0.3) is 0 Å². The highest BCUT2D eigenvalue weighted by Gasteiger charge is 2.22. The van der Waals surface area contributed by atoms with Crippen LogP contribution in [0.2, 0.25) is 5.02 Å². The number of amides is 1. The molecule has 2 aromatic carbocycles. The highest BCUT2D eigenvalue weighted by atomic mass is 35.5. The van der Waals surface area contributed by atoms with E-state index in [2.05, 4.69) is 36.9 Å². The molecular formula is C21H25ClN2O. The SMILES string of the molecule is Cc1cccc(N2CCN(C(=O)CCc3ccccc3Cl)CC2)c1C. The number of benzene rings is 2. The smallest absolute Gasteiger partial charge is 0.223 e. The molecule has 0 spiro atoms. The third-order valence-corrected chi connectivity index (χ3v) is 5.48. The molecule has 132 valence electrons. The van der Waals surface area contributed by atoms with Crippen LogP contribution < -0.4 is 4.90 Å². The molecule has 0 unspecified atom stereocenters.